The summed E-state index contributed by atoms with van der Waals surface area (Å²) in [6.45, 7) is 1.42. The predicted molar refractivity (Wildman–Crippen MR) is 132 cm³/mol. The summed E-state index contributed by atoms with van der Waals surface area (Å²) in [5.41, 5.74) is 10.7. The second kappa shape index (κ2) is 8.96. The van der Waals surface area contributed by atoms with Gasteiger partial charge >= 0.3 is 0 Å². The fourth-order valence-electron chi connectivity index (χ4n) is 5.59. The number of nitrogens with zero attached hydrogens (tertiary/aromatic N) is 3. The molecule has 2 aromatic carbocycles. The van der Waals surface area contributed by atoms with Gasteiger partial charge in [0.05, 0.1) is 40.8 Å². The number of alkyl halides is 1. The molecule has 2 aliphatic rings. The number of fused-ring (bicyclic) bond motifs is 2. The van der Waals surface area contributed by atoms with E-state index in [1.54, 1.807) is 12.7 Å². The SMILES string of the molecule is NC(=O)c1c(OCC2CCCN2)cc(-c2ccc3c(c2)ncn3[C@@H]2CCCC[C@H]2F)c2nc[nH]c12. The minimum Gasteiger partial charge on any atom is -0.491 e. The van der Waals surface area contributed by atoms with Crippen molar-refractivity contribution in [3.63, 3.8) is 0 Å². The third kappa shape index (κ3) is 3.93. The van der Waals surface area contributed by atoms with Crippen LogP contribution in [0.15, 0.2) is 36.9 Å². The molecule has 1 aliphatic heterocycles. The van der Waals surface area contributed by atoms with Crippen molar-refractivity contribution >= 4 is 28.0 Å². The van der Waals surface area contributed by atoms with E-state index < -0.39 is 12.1 Å². The number of hydrogen-bond acceptors (Lipinski definition) is 5. The van der Waals surface area contributed by atoms with Crippen LogP contribution in [0.5, 0.6) is 5.75 Å². The molecular weight excluding hydrogens is 447 g/mol. The summed E-state index contributed by atoms with van der Waals surface area (Å²) in [6.07, 6.45) is 8.00. The minimum absolute atomic E-state index is 0.170. The fourth-order valence-corrected chi connectivity index (χ4v) is 5.59. The maximum Gasteiger partial charge on any atom is 0.254 e. The number of rotatable bonds is 6. The van der Waals surface area contributed by atoms with Gasteiger partial charge in [-0.2, -0.15) is 0 Å². The molecule has 1 unspecified atom stereocenters. The fraction of sp³-hybridized carbons (Fsp3) is 0.423. The Morgan fingerprint density at radius 3 is 2.86 bits per heavy atom. The van der Waals surface area contributed by atoms with Crippen molar-refractivity contribution in [3.05, 3.63) is 42.5 Å². The van der Waals surface area contributed by atoms with Gasteiger partial charge in [-0.1, -0.05) is 18.9 Å². The molecule has 9 heteroatoms. The summed E-state index contributed by atoms with van der Waals surface area (Å²) < 4.78 is 22.7. The first-order chi connectivity index (χ1) is 17.1. The second-order valence-corrected chi connectivity index (χ2v) is 9.62. The number of nitrogens with two attached hydrogens (primary N) is 1. The van der Waals surface area contributed by atoms with Gasteiger partial charge < -0.3 is 25.3 Å². The Kier molecular flexibility index (Phi) is 5.64. The Hall–Kier alpha value is -3.46. The van der Waals surface area contributed by atoms with Crippen molar-refractivity contribution in [1.29, 1.82) is 0 Å². The van der Waals surface area contributed by atoms with Crippen LogP contribution in [0.25, 0.3) is 33.2 Å². The molecule has 8 nitrogen and oxygen atoms in total. The number of aromatic amines is 1. The largest absolute Gasteiger partial charge is 0.491 e. The summed E-state index contributed by atoms with van der Waals surface area (Å²) in [7, 11) is 0. The molecule has 0 radical (unpaired) electrons. The summed E-state index contributed by atoms with van der Waals surface area (Å²) in [4.78, 5) is 24.5. The zero-order chi connectivity index (χ0) is 23.9. The van der Waals surface area contributed by atoms with Crippen LogP contribution in [0, 0.1) is 0 Å². The maximum absolute atomic E-state index is 14.6. The van der Waals surface area contributed by atoms with Crippen LogP contribution in [-0.4, -0.2) is 50.8 Å². The van der Waals surface area contributed by atoms with Crippen LogP contribution in [-0.2, 0) is 0 Å². The van der Waals surface area contributed by atoms with E-state index in [-0.39, 0.29) is 12.1 Å². The number of ether oxygens (including phenoxy) is 1. The molecule has 6 rings (SSSR count). The number of amides is 1. The van der Waals surface area contributed by atoms with Gasteiger partial charge in [-0.05, 0) is 56.0 Å². The van der Waals surface area contributed by atoms with Gasteiger partial charge in [0.1, 0.15) is 24.1 Å². The standard InChI is InChI=1S/C26H29FN6O2/c27-18-5-1-2-6-20(18)33-14-32-19-10-15(7-8-21(19)33)17-11-22(35-12-16-4-3-9-29-16)23(26(28)34)25-24(17)30-13-31-25/h7-8,10-11,13-14,16,18,20,29H,1-6,9,12H2,(H2,28,34)(H,30,31)/t16?,18-,20-/m1/s1. The number of nitrogens with one attached hydrogen (secondary N) is 2. The monoisotopic (exact) mass is 476 g/mol. The van der Waals surface area contributed by atoms with Gasteiger partial charge in [-0.3, -0.25) is 4.79 Å². The van der Waals surface area contributed by atoms with E-state index in [1.807, 2.05) is 28.8 Å². The number of imidazole rings is 2. The van der Waals surface area contributed by atoms with E-state index in [2.05, 4.69) is 20.3 Å². The predicted octanol–water partition coefficient (Wildman–Crippen LogP) is 4.26. The van der Waals surface area contributed by atoms with Crippen molar-refractivity contribution in [2.24, 2.45) is 5.73 Å². The summed E-state index contributed by atoms with van der Waals surface area (Å²) >= 11 is 0. The number of carbonyl (C=O) groups excluding carboxylic acids is 1. The quantitative estimate of drug-likeness (QED) is 0.385. The van der Waals surface area contributed by atoms with E-state index in [9.17, 15) is 9.18 Å². The average Bonchev–Trinajstić information content (AvgIpc) is 3.62. The molecule has 4 aromatic rings. The van der Waals surface area contributed by atoms with Crippen LogP contribution in [0.2, 0.25) is 0 Å². The smallest absolute Gasteiger partial charge is 0.254 e. The Morgan fingerprint density at radius 2 is 2.06 bits per heavy atom. The Labute approximate surface area is 202 Å². The molecule has 4 N–H and O–H groups in total. The summed E-state index contributed by atoms with van der Waals surface area (Å²) in [6, 6.07) is 7.88. The lowest BCUT2D eigenvalue weighted by molar-refractivity contribution is 0.0997. The van der Waals surface area contributed by atoms with Crippen LogP contribution in [0.1, 0.15) is 54.9 Å². The second-order valence-electron chi connectivity index (χ2n) is 9.62. The Balaban J connectivity index is 1.41. The molecule has 1 aliphatic carbocycles. The first-order valence-electron chi connectivity index (χ1n) is 12.4. The van der Waals surface area contributed by atoms with E-state index in [0.29, 0.717) is 35.4 Å². The number of primary amides is 1. The van der Waals surface area contributed by atoms with Crippen molar-refractivity contribution < 1.29 is 13.9 Å². The lowest BCUT2D eigenvalue weighted by Gasteiger charge is -2.27. The third-order valence-corrected chi connectivity index (χ3v) is 7.41. The number of carbonyl (C=O) groups is 1. The molecule has 2 aromatic heterocycles. The normalized spacial score (nSPS) is 22.7. The topological polar surface area (TPSA) is 111 Å². The maximum atomic E-state index is 14.6. The first-order valence-corrected chi connectivity index (χ1v) is 12.4. The highest BCUT2D eigenvalue weighted by Gasteiger charge is 2.28. The van der Waals surface area contributed by atoms with Gasteiger partial charge in [-0.15, -0.1) is 0 Å². The lowest BCUT2D eigenvalue weighted by Crippen LogP contribution is -2.28. The highest BCUT2D eigenvalue weighted by atomic mass is 19.1. The summed E-state index contributed by atoms with van der Waals surface area (Å²) in [5.74, 6) is -0.131. The van der Waals surface area contributed by atoms with E-state index in [4.69, 9.17) is 10.5 Å². The van der Waals surface area contributed by atoms with Crippen molar-refractivity contribution in [3.8, 4) is 16.9 Å². The molecule has 0 spiro atoms. The van der Waals surface area contributed by atoms with Gasteiger partial charge in [0.15, 0.2) is 0 Å². The number of hydrogen-bond donors (Lipinski definition) is 3. The van der Waals surface area contributed by atoms with Crippen LogP contribution < -0.4 is 15.8 Å². The minimum atomic E-state index is -0.847. The molecule has 182 valence electrons. The summed E-state index contributed by atoms with van der Waals surface area (Å²) in [5, 5.41) is 3.41. The van der Waals surface area contributed by atoms with Gasteiger partial charge in [0, 0.05) is 11.6 Å². The Bertz CT molecular complexity index is 1390. The van der Waals surface area contributed by atoms with Crippen LogP contribution in [0.3, 0.4) is 0 Å². The van der Waals surface area contributed by atoms with Gasteiger partial charge in [-0.25, -0.2) is 14.4 Å². The molecule has 3 atom stereocenters. The number of benzene rings is 2. The van der Waals surface area contributed by atoms with Gasteiger partial charge in [0.25, 0.3) is 5.91 Å². The Morgan fingerprint density at radius 1 is 1.17 bits per heavy atom. The molecular formula is C26H29FN6O2. The van der Waals surface area contributed by atoms with Crippen molar-refractivity contribution in [2.75, 3.05) is 13.2 Å². The van der Waals surface area contributed by atoms with Crippen LogP contribution in [0.4, 0.5) is 4.39 Å². The molecule has 1 saturated heterocycles. The first kappa shape index (κ1) is 22.0. The van der Waals surface area contributed by atoms with Gasteiger partial charge in [0.2, 0.25) is 0 Å². The number of H-pyrrole nitrogens is 1. The van der Waals surface area contributed by atoms with Crippen LogP contribution >= 0.6 is 0 Å². The molecule has 3 heterocycles. The van der Waals surface area contributed by atoms with Crippen molar-refractivity contribution in [1.82, 2.24) is 24.8 Å². The number of aromatic nitrogens is 4. The van der Waals surface area contributed by atoms with Crippen molar-refractivity contribution in [2.45, 2.75) is 56.8 Å². The molecule has 35 heavy (non-hydrogen) atoms. The van der Waals surface area contributed by atoms with E-state index in [1.165, 1.54) is 0 Å². The third-order valence-electron chi connectivity index (χ3n) is 7.41. The average molecular weight is 477 g/mol. The highest BCUT2D eigenvalue weighted by Crippen LogP contribution is 2.38. The lowest BCUT2D eigenvalue weighted by atomic mass is 9.93. The number of halogens is 1. The zero-order valence-corrected chi connectivity index (χ0v) is 19.5. The highest BCUT2D eigenvalue weighted by molar-refractivity contribution is 6.10. The van der Waals surface area contributed by atoms with E-state index in [0.717, 1.165) is 60.8 Å². The molecule has 0 bridgehead atoms. The zero-order valence-electron chi connectivity index (χ0n) is 19.5. The molecule has 1 saturated carbocycles. The molecule has 1 amide bonds. The van der Waals surface area contributed by atoms with E-state index >= 15 is 0 Å². The molecule has 2 fully saturated rings.